The highest BCUT2D eigenvalue weighted by Crippen LogP contribution is 2.26. The fourth-order valence-corrected chi connectivity index (χ4v) is 3.52. The number of benzene rings is 1. The van der Waals surface area contributed by atoms with E-state index in [1.165, 1.54) is 4.88 Å². The van der Waals surface area contributed by atoms with Gasteiger partial charge < -0.3 is 16.0 Å². The maximum absolute atomic E-state index is 11.8. The van der Waals surface area contributed by atoms with Gasteiger partial charge in [-0.3, -0.25) is 9.79 Å². The van der Waals surface area contributed by atoms with Crippen molar-refractivity contribution in [1.29, 1.82) is 0 Å². The van der Waals surface area contributed by atoms with E-state index in [0.29, 0.717) is 13.0 Å². The van der Waals surface area contributed by atoms with E-state index >= 15 is 0 Å². The lowest BCUT2D eigenvalue weighted by molar-refractivity contribution is -0.116. The van der Waals surface area contributed by atoms with Crippen molar-refractivity contribution in [3.05, 3.63) is 52.2 Å². The summed E-state index contributed by atoms with van der Waals surface area (Å²) in [5, 5.41) is 11.8. The van der Waals surface area contributed by atoms with Crippen LogP contribution >= 0.6 is 11.3 Å². The Morgan fingerprint density at radius 3 is 2.67 bits per heavy atom. The Morgan fingerprint density at radius 2 is 2.00 bits per heavy atom. The van der Waals surface area contributed by atoms with Crippen LogP contribution in [0.4, 0.5) is 5.69 Å². The highest BCUT2D eigenvalue weighted by atomic mass is 32.1. The molecule has 1 amide bonds. The van der Waals surface area contributed by atoms with Crippen LogP contribution in [-0.4, -0.2) is 25.5 Å². The molecule has 0 fully saturated rings. The van der Waals surface area contributed by atoms with E-state index < -0.39 is 0 Å². The zero-order valence-corrected chi connectivity index (χ0v) is 17.5. The van der Waals surface area contributed by atoms with Gasteiger partial charge in [-0.15, -0.1) is 11.3 Å². The molecule has 27 heavy (non-hydrogen) atoms. The number of guanidine groups is 1. The van der Waals surface area contributed by atoms with Crippen molar-refractivity contribution < 1.29 is 4.79 Å². The quantitative estimate of drug-likeness (QED) is 0.472. The number of nitrogens with one attached hydrogen (secondary N) is 3. The SMILES string of the molecule is CCCC(=O)Nc1cccc(CNC(=NC)NCC(C)(C)c2cccs2)c1. The number of anilines is 1. The lowest BCUT2D eigenvalue weighted by Gasteiger charge is -2.25. The first-order valence-electron chi connectivity index (χ1n) is 9.32. The van der Waals surface area contributed by atoms with Crippen LogP contribution in [0.1, 0.15) is 44.1 Å². The number of nitrogens with zero attached hydrogens (tertiary/aromatic N) is 1. The molecular weight excluding hydrogens is 356 g/mol. The average molecular weight is 387 g/mol. The molecule has 0 aliphatic heterocycles. The molecule has 0 bridgehead atoms. The first-order valence-corrected chi connectivity index (χ1v) is 10.2. The molecule has 5 nitrogen and oxygen atoms in total. The van der Waals surface area contributed by atoms with Gasteiger partial charge in [-0.1, -0.05) is 39.0 Å². The lowest BCUT2D eigenvalue weighted by Crippen LogP contribution is -2.42. The van der Waals surface area contributed by atoms with Gasteiger partial charge >= 0.3 is 0 Å². The first kappa shape index (κ1) is 21.0. The Labute approximate surface area is 166 Å². The summed E-state index contributed by atoms with van der Waals surface area (Å²) in [7, 11) is 1.77. The molecule has 0 spiro atoms. The number of amides is 1. The van der Waals surface area contributed by atoms with Crippen molar-refractivity contribution in [2.24, 2.45) is 4.99 Å². The minimum absolute atomic E-state index is 0.0370. The molecule has 0 unspecified atom stereocenters. The van der Waals surface area contributed by atoms with E-state index in [9.17, 15) is 4.79 Å². The Bertz CT molecular complexity index is 753. The molecule has 0 radical (unpaired) electrons. The molecule has 6 heteroatoms. The van der Waals surface area contributed by atoms with Crippen molar-refractivity contribution in [3.8, 4) is 0 Å². The molecule has 0 aliphatic rings. The molecule has 0 aliphatic carbocycles. The van der Waals surface area contributed by atoms with E-state index in [-0.39, 0.29) is 11.3 Å². The number of thiophene rings is 1. The second-order valence-electron chi connectivity index (χ2n) is 7.14. The summed E-state index contributed by atoms with van der Waals surface area (Å²) in [6.07, 6.45) is 1.38. The monoisotopic (exact) mass is 386 g/mol. The van der Waals surface area contributed by atoms with Gasteiger partial charge in [-0.2, -0.15) is 0 Å². The maximum atomic E-state index is 11.8. The Morgan fingerprint density at radius 1 is 1.19 bits per heavy atom. The molecular formula is C21H30N4OS. The number of rotatable bonds is 8. The van der Waals surface area contributed by atoms with E-state index in [2.05, 4.69) is 52.3 Å². The molecule has 2 rings (SSSR count). The predicted octanol–water partition coefficient (Wildman–Crippen LogP) is 4.13. The van der Waals surface area contributed by atoms with Crippen LogP contribution in [0.15, 0.2) is 46.8 Å². The van der Waals surface area contributed by atoms with Gasteiger partial charge in [0.25, 0.3) is 0 Å². The van der Waals surface area contributed by atoms with Crippen LogP contribution in [0.5, 0.6) is 0 Å². The third-order valence-electron chi connectivity index (χ3n) is 4.26. The minimum Gasteiger partial charge on any atom is -0.356 e. The average Bonchev–Trinajstić information content (AvgIpc) is 3.18. The predicted molar refractivity (Wildman–Crippen MR) is 116 cm³/mol. The van der Waals surface area contributed by atoms with Crippen molar-refractivity contribution >= 4 is 28.9 Å². The van der Waals surface area contributed by atoms with Crippen molar-refractivity contribution in [1.82, 2.24) is 10.6 Å². The lowest BCUT2D eigenvalue weighted by atomic mass is 9.91. The molecule has 0 saturated carbocycles. The van der Waals surface area contributed by atoms with Crippen LogP contribution in [0.3, 0.4) is 0 Å². The summed E-state index contributed by atoms with van der Waals surface area (Å²) in [4.78, 5) is 17.4. The topological polar surface area (TPSA) is 65.5 Å². The van der Waals surface area contributed by atoms with Gasteiger partial charge in [0, 0.05) is 42.5 Å². The third-order valence-corrected chi connectivity index (χ3v) is 5.49. The number of carbonyl (C=O) groups is 1. The fourth-order valence-electron chi connectivity index (χ4n) is 2.67. The minimum atomic E-state index is 0.0370. The van der Waals surface area contributed by atoms with Crippen molar-refractivity contribution in [3.63, 3.8) is 0 Å². The van der Waals surface area contributed by atoms with Gasteiger partial charge in [0.1, 0.15) is 0 Å². The molecule has 0 atom stereocenters. The summed E-state index contributed by atoms with van der Waals surface area (Å²) in [6, 6.07) is 12.1. The highest BCUT2D eigenvalue weighted by Gasteiger charge is 2.21. The normalized spacial score (nSPS) is 11.9. The fraction of sp³-hybridized carbons (Fsp3) is 0.429. The van der Waals surface area contributed by atoms with Crippen molar-refractivity contribution in [2.75, 3.05) is 18.9 Å². The first-order chi connectivity index (χ1) is 12.9. The molecule has 146 valence electrons. The zero-order valence-electron chi connectivity index (χ0n) is 16.6. The zero-order chi connectivity index (χ0) is 19.7. The molecule has 2 aromatic rings. The Balaban J connectivity index is 1.88. The van der Waals surface area contributed by atoms with Crippen LogP contribution < -0.4 is 16.0 Å². The van der Waals surface area contributed by atoms with Crippen LogP contribution in [0.2, 0.25) is 0 Å². The van der Waals surface area contributed by atoms with E-state index in [0.717, 1.165) is 30.2 Å². The van der Waals surface area contributed by atoms with Crippen LogP contribution in [-0.2, 0) is 16.8 Å². The summed E-state index contributed by atoms with van der Waals surface area (Å²) in [6.45, 7) is 7.87. The number of hydrogen-bond donors (Lipinski definition) is 3. The second kappa shape index (κ2) is 10.1. The largest absolute Gasteiger partial charge is 0.356 e. The van der Waals surface area contributed by atoms with Crippen LogP contribution in [0, 0.1) is 0 Å². The number of aliphatic imine (C=N–C) groups is 1. The van der Waals surface area contributed by atoms with Crippen LogP contribution in [0.25, 0.3) is 0 Å². The third kappa shape index (κ3) is 6.71. The Hall–Kier alpha value is -2.34. The van der Waals surface area contributed by atoms with Gasteiger partial charge in [0.2, 0.25) is 5.91 Å². The number of hydrogen-bond acceptors (Lipinski definition) is 3. The summed E-state index contributed by atoms with van der Waals surface area (Å²) >= 11 is 1.77. The van der Waals surface area contributed by atoms with Gasteiger partial charge in [-0.25, -0.2) is 0 Å². The smallest absolute Gasteiger partial charge is 0.224 e. The van der Waals surface area contributed by atoms with Gasteiger partial charge in [0.15, 0.2) is 5.96 Å². The maximum Gasteiger partial charge on any atom is 0.224 e. The van der Waals surface area contributed by atoms with E-state index in [1.54, 1.807) is 18.4 Å². The summed E-state index contributed by atoms with van der Waals surface area (Å²) in [5.74, 6) is 0.816. The number of carbonyl (C=O) groups excluding carboxylic acids is 1. The van der Waals surface area contributed by atoms with Gasteiger partial charge in [0.05, 0.1) is 0 Å². The van der Waals surface area contributed by atoms with Crippen molar-refractivity contribution in [2.45, 2.75) is 45.6 Å². The molecule has 3 N–H and O–H groups in total. The van der Waals surface area contributed by atoms with E-state index in [4.69, 9.17) is 0 Å². The summed E-state index contributed by atoms with van der Waals surface area (Å²) < 4.78 is 0. The molecule has 1 aromatic heterocycles. The highest BCUT2D eigenvalue weighted by molar-refractivity contribution is 7.10. The standard InChI is InChI=1S/C21H30N4OS/c1-5-8-19(26)25-17-10-6-9-16(13-17)14-23-20(22-4)24-15-21(2,3)18-11-7-12-27-18/h6-7,9-13H,5,8,14-15H2,1-4H3,(H,25,26)(H2,22,23,24). The molecule has 1 heterocycles. The van der Waals surface area contributed by atoms with Gasteiger partial charge in [-0.05, 0) is 35.6 Å². The molecule has 1 aromatic carbocycles. The van der Waals surface area contributed by atoms with E-state index in [1.807, 2.05) is 31.2 Å². The second-order valence-corrected chi connectivity index (χ2v) is 8.09. The summed E-state index contributed by atoms with van der Waals surface area (Å²) in [5.41, 5.74) is 1.95. The Kier molecular flexibility index (Phi) is 7.85. The molecule has 0 saturated heterocycles.